The lowest BCUT2D eigenvalue weighted by molar-refractivity contribution is -0.127. The molecule has 3 unspecified atom stereocenters. The maximum absolute atomic E-state index is 12.5. The van der Waals surface area contributed by atoms with E-state index in [-0.39, 0.29) is 23.9 Å². The molecule has 2 aliphatic heterocycles. The summed E-state index contributed by atoms with van der Waals surface area (Å²) in [5.41, 5.74) is 2.38. The van der Waals surface area contributed by atoms with E-state index in [4.69, 9.17) is 4.74 Å². The molecule has 3 rings (SSSR count). The Bertz CT molecular complexity index is 483. The van der Waals surface area contributed by atoms with Crippen molar-refractivity contribution in [2.75, 3.05) is 18.5 Å². The third kappa shape index (κ3) is 2.80. The molecule has 3 atom stereocenters. The number of fused-ring (bicyclic) bond motifs is 1. The van der Waals surface area contributed by atoms with Crippen molar-refractivity contribution in [3.63, 3.8) is 0 Å². The lowest BCUT2D eigenvalue weighted by Crippen LogP contribution is -2.48. The summed E-state index contributed by atoms with van der Waals surface area (Å²) in [4.78, 5) is 12.5. The number of nitrogens with one attached hydrogen (secondary N) is 2. The van der Waals surface area contributed by atoms with Crippen LogP contribution in [0.2, 0.25) is 0 Å². The zero-order valence-corrected chi connectivity index (χ0v) is 11.9. The van der Waals surface area contributed by atoms with Crippen LogP contribution in [0, 0.1) is 5.92 Å². The minimum atomic E-state index is -0.00757. The first-order valence-electron chi connectivity index (χ1n) is 7.46. The summed E-state index contributed by atoms with van der Waals surface area (Å²) in [6.07, 6.45) is 2.87. The van der Waals surface area contributed by atoms with Gasteiger partial charge < -0.3 is 15.4 Å². The van der Waals surface area contributed by atoms with Crippen molar-refractivity contribution in [1.29, 1.82) is 0 Å². The Labute approximate surface area is 119 Å². The van der Waals surface area contributed by atoms with Gasteiger partial charge in [-0.2, -0.15) is 0 Å². The summed E-state index contributed by atoms with van der Waals surface area (Å²) in [5, 5.41) is 6.58. The van der Waals surface area contributed by atoms with E-state index in [2.05, 4.69) is 29.7 Å². The molecule has 0 aliphatic carbocycles. The summed E-state index contributed by atoms with van der Waals surface area (Å²) >= 11 is 0. The van der Waals surface area contributed by atoms with Crippen molar-refractivity contribution in [2.45, 2.75) is 38.3 Å². The van der Waals surface area contributed by atoms with Gasteiger partial charge in [0.15, 0.2) is 0 Å². The van der Waals surface area contributed by atoms with Crippen LogP contribution in [0.25, 0.3) is 0 Å². The van der Waals surface area contributed by atoms with Crippen molar-refractivity contribution in [2.24, 2.45) is 5.92 Å². The number of amides is 1. The first-order valence-corrected chi connectivity index (χ1v) is 7.46. The van der Waals surface area contributed by atoms with Crippen LogP contribution in [0.5, 0.6) is 0 Å². The highest BCUT2D eigenvalue weighted by molar-refractivity contribution is 5.81. The van der Waals surface area contributed by atoms with Gasteiger partial charge in [0, 0.05) is 18.3 Å². The molecule has 2 aliphatic rings. The van der Waals surface area contributed by atoms with Gasteiger partial charge in [0.25, 0.3) is 0 Å². The standard InChI is InChI=1S/C16H22N2O2/c1-11-14(9-12-5-2-3-7-15(12)17-11)16(19)18-13-6-4-8-20-10-13/h2-3,5,7,11,13-14,17H,4,6,8-10H2,1H3,(H,18,19). The molecular formula is C16H22N2O2. The van der Waals surface area contributed by atoms with E-state index in [1.54, 1.807) is 0 Å². The number of hydrogen-bond donors (Lipinski definition) is 2. The highest BCUT2D eigenvalue weighted by atomic mass is 16.5. The van der Waals surface area contributed by atoms with Gasteiger partial charge in [0.2, 0.25) is 5.91 Å². The van der Waals surface area contributed by atoms with E-state index in [0.717, 1.165) is 31.6 Å². The summed E-state index contributed by atoms with van der Waals surface area (Å²) in [7, 11) is 0. The average molecular weight is 274 g/mol. The molecule has 0 spiro atoms. The summed E-state index contributed by atoms with van der Waals surface area (Å²) in [5.74, 6) is 0.141. The fraction of sp³-hybridized carbons (Fsp3) is 0.562. The SMILES string of the molecule is CC1Nc2ccccc2CC1C(=O)NC1CCCOC1. The lowest BCUT2D eigenvalue weighted by atomic mass is 9.87. The second kappa shape index (κ2) is 5.83. The highest BCUT2D eigenvalue weighted by Crippen LogP contribution is 2.28. The quantitative estimate of drug-likeness (QED) is 0.866. The molecule has 4 nitrogen and oxygen atoms in total. The number of hydrogen-bond acceptors (Lipinski definition) is 3. The Morgan fingerprint density at radius 1 is 1.40 bits per heavy atom. The van der Waals surface area contributed by atoms with E-state index < -0.39 is 0 Å². The molecule has 1 aromatic rings. The second-order valence-electron chi connectivity index (χ2n) is 5.82. The largest absolute Gasteiger partial charge is 0.382 e. The third-order valence-electron chi connectivity index (χ3n) is 4.29. The molecular weight excluding hydrogens is 252 g/mol. The maximum atomic E-state index is 12.5. The second-order valence-corrected chi connectivity index (χ2v) is 5.82. The van der Waals surface area contributed by atoms with Crippen molar-refractivity contribution in [1.82, 2.24) is 5.32 Å². The van der Waals surface area contributed by atoms with Crippen LogP contribution in [0.1, 0.15) is 25.3 Å². The van der Waals surface area contributed by atoms with Crippen LogP contribution in [0.15, 0.2) is 24.3 Å². The summed E-state index contributed by atoms with van der Waals surface area (Å²) < 4.78 is 5.42. The molecule has 2 N–H and O–H groups in total. The first-order chi connectivity index (χ1) is 9.74. The van der Waals surface area contributed by atoms with Gasteiger partial charge in [-0.3, -0.25) is 4.79 Å². The highest BCUT2D eigenvalue weighted by Gasteiger charge is 2.31. The molecule has 108 valence electrons. The van der Waals surface area contributed by atoms with Crippen molar-refractivity contribution < 1.29 is 9.53 Å². The Morgan fingerprint density at radius 3 is 3.05 bits per heavy atom. The van der Waals surface area contributed by atoms with Gasteiger partial charge in [-0.25, -0.2) is 0 Å². The summed E-state index contributed by atoms with van der Waals surface area (Å²) in [6.45, 7) is 3.55. The van der Waals surface area contributed by atoms with Crippen LogP contribution in [0.3, 0.4) is 0 Å². The van der Waals surface area contributed by atoms with Crippen LogP contribution in [0.4, 0.5) is 5.69 Å². The van der Waals surface area contributed by atoms with Crippen LogP contribution < -0.4 is 10.6 Å². The first kappa shape index (κ1) is 13.4. The van der Waals surface area contributed by atoms with E-state index in [1.807, 2.05) is 12.1 Å². The molecule has 20 heavy (non-hydrogen) atoms. The fourth-order valence-electron chi connectivity index (χ4n) is 3.08. The number of ether oxygens (including phenoxy) is 1. The number of anilines is 1. The van der Waals surface area contributed by atoms with Gasteiger partial charge >= 0.3 is 0 Å². The van der Waals surface area contributed by atoms with Crippen LogP contribution >= 0.6 is 0 Å². The van der Waals surface area contributed by atoms with E-state index in [0.29, 0.717) is 6.61 Å². The number of benzene rings is 1. The Balaban J connectivity index is 1.66. The molecule has 1 amide bonds. The Kier molecular flexibility index (Phi) is 3.92. The molecule has 0 aromatic heterocycles. The zero-order valence-electron chi connectivity index (χ0n) is 11.9. The van der Waals surface area contributed by atoms with Crippen molar-refractivity contribution >= 4 is 11.6 Å². The maximum Gasteiger partial charge on any atom is 0.225 e. The number of rotatable bonds is 2. The topological polar surface area (TPSA) is 50.4 Å². The Morgan fingerprint density at radius 2 is 2.25 bits per heavy atom. The van der Waals surface area contributed by atoms with E-state index >= 15 is 0 Å². The van der Waals surface area contributed by atoms with Gasteiger partial charge in [-0.05, 0) is 37.8 Å². The van der Waals surface area contributed by atoms with Gasteiger partial charge in [0.1, 0.15) is 0 Å². The van der Waals surface area contributed by atoms with Gasteiger partial charge in [0.05, 0.1) is 18.6 Å². The normalized spacial score (nSPS) is 29.1. The van der Waals surface area contributed by atoms with Crippen molar-refractivity contribution in [3.05, 3.63) is 29.8 Å². The molecule has 1 fully saturated rings. The number of carbonyl (C=O) groups excluding carboxylic acids is 1. The molecule has 0 saturated carbocycles. The molecule has 1 saturated heterocycles. The number of carbonyl (C=O) groups is 1. The van der Waals surface area contributed by atoms with E-state index in [1.165, 1.54) is 5.56 Å². The van der Waals surface area contributed by atoms with E-state index in [9.17, 15) is 4.79 Å². The molecule has 0 bridgehead atoms. The third-order valence-corrected chi connectivity index (χ3v) is 4.29. The zero-order chi connectivity index (χ0) is 13.9. The predicted molar refractivity (Wildman–Crippen MR) is 78.7 cm³/mol. The van der Waals surface area contributed by atoms with Gasteiger partial charge in [-0.1, -0.05) is 18.2 Å². The Hall–Kier alpha value is -1.55. The molecule has 0 radical (unpaired) electrons. The van der Waals surface area contributed by atoms with Crippen molar-refractivity contribution in [3.8, 4) is 0 Å². The smallest absolute Gasteiger partial charge is 0.225 e. The predicted octanol–water partition coefficient (Wildman–Crippen LogP) is 1.95. The molecule has 1 aromatic carbocycles. The minimum Gasteiger partial charge on any atom is -0.382 e. The van der Waals surface area contributed by atoms with Gasteiger partial charge in [-0.15, -0.1) is 0 Å². The average Bonchev–Trinajstić information content (AvgIpc) is 2.47. The fourth-order valence-corrected chi connectivity index (χ4v) is 3.08. The molecule has 4 heteroatoms. The lowest BCUT2D eigenvalue weighted by Gasteiger charge is -2.33. The number of para-hydroxylation sites is 1. The summed E-state index contributed by atoms with van der Waals surface area (Å²) in [6, 6.07) is 8.57. The molecule has 2 heterocycles. The minimum absolute atomic E-state index is 0.00757. The van der Waals surface area contributed by atoms with Crippen LogP contribution in [-0.4, -0.2) is 31.2 Å². The van der Waals surface area contributed by atoms with Crippen LogP contribution in [-0.2, 0) is 16.0 Å². The monoisotopic (exact) mass is 274 g/mol.